The zero-order valence-corrected chi connectivity index (χ0v) is 16.5. The van der Waals surface area contributed by atoms with Crippen LogP contribution < -0.4 is 24.4 Å². The van der Waals surface area contributed by atoms with Gasteiger partial charge >= 0.3 is 0 Å². The highest BCUT2D eigenvalue weighted by atomic mass is 16.5. The van der Waals surface area contributed by atoms with Crippen molar-refractivity contribution in [3.8, 4) is 23.0 Å². The van der Waals surface area contributed by atoms with Crippen LogP contribution in [0, 0.1) is 0 Å². The first-order valence-corrected chi connectivity index (χ1v) is 8.79. The number of ether oxygens (including phenoxy) is 4. The van der Waals surface area contributed by atoms with Gasteiger partial charge in [0.05, 0.1) is 20.4 Å². The first-order chi connectivity index (χ1) is 14.1. The van der Waals surface area contributed by atoms with Crippen LogP contribution in [-0.2, 0) is 0 Å². The Labute approximate surface area is 170 Å². The first-order valence-electron chi connectivity index (χ1n) is 8.79. The lowest BCUT2D eigenvalue weighted by Crippen LogP contribution is -2.17. The Balaban J connectivity index is 2.05. The normalized spacial score (nSPS) is 10.3. The zero-order valence-electron chi connectivity index (χ0n) is 16.5. The molecule has 0 unspecified atom stereocenters. The van der Waals surface area contributed by atoms with E-state index in [4.69, 9.17) is 18.9 Å². The van der Waals surface area contributed by atoms with E-state index in [0.29, 0.717) is 41.8 Å². The van der Waals surface area contributed by atoms with Gasteiger partial charge in [-0.1, -0.05) is 25.3 Å². The highest BCUT2D eigenvalue weighted by Crippen LogP contribution is 2.28. The van der Waals surface area contributed by atoms with E-state index in [2.05, 4.69) is 23.7 Å². The molecule has 0 heterocycles. The number of benzene rings is 2. The molecule has 0 aliphatic carbocycles. The molecule has 0 spiro atoms. The Morgan fingerprint density at radius 2 is 1.52 bits per heavy atom. The maximum atomic E-state index is 12.3. The van der Waals surface area contributed by atoms with Crippen molar-refractivity contribution in [1.29, 1.82) is 0 Å². The number of carbonyl (C=O) groups is 1. The van der Waals surface area contributed by atoms with Crippen molar-refractivity contribution in [2.45, 2.75) is 0 Å². The number of hydrazone groups is 1. The van der Waals surface area contributed by atoms with Crippen LogP contribution in [0.4, 0.5) is 0 Å². The van der Waals surface area contributed by atoms with Crippen LogP contribution in [0.5, 0.6) is 23.0 Å². The standard InChI is InChI=1S/C22H24N2O5/c1-5-11-28-18-9-7-16(13-20(18)26-3)15-23-24-22(25)17-8-10-19(29-12-6-2)21(14-17)27-4/h5-10,13-15H,1-2,11-12H2,3-4H3,(H,24,25)/b23-15+. The fourth-order valence-electron chi connectivity index (χ4n) is 2.34. The third-order valence-electron chi connectivity index (χ3n) is 3.71. The monoisotopic (exact) mass is 396 g/mol. The number of hydrogen-bond acceptors (Lipinski definition) is 6. The summed E-state index contributed by atoms with van der Waals surface area (Å²) in [7, 11) is 3.06. The minimum Gasteiger partial charge on any atom is -0.493 e. The molecule has 2 aromatic rings. The molecule has 29 heavy (non-hydrogen) atoms. The van der Waals surface area contributed by atoms with E-state index in [1.165, 1.54) is 13.3 Å². The van der Waals surface area contributed by atoms with Gasteiger partial charge in [0.1, 0.15) is 13.2 Å². The molecular formula is C22H24N2O5. The van der Waals surface area contributed by atoms with E-state index >= 15 is 0 Å². The summed E-state index contributed by atoms with van der Waals surface area (Å²) in [4.78, 5) is 12.3. The molecule has 0 saturated heterocycles. The number of nitrogens with one attached hydrogen (secondary N) is 1. The van der Waals surface area contributed by atoms with Crippen molar-refractivity contribution in [3.63, 3.8) is 0 Å². The number of hydrogen-bond donors (Lipinski definition) is 1. The third kappa shape index (κ3) is 6.14. The molecule has 0 atom stereocenters. The Morgan fingerprint density at radius 1 is 0.931 bits per heavy atom. The molecule has 0 aromatic heterocycles. The van der Waals surface area contributed by atoms with Crippen molar-refractivity contribution < 1.29 is 23.7 Å². The van der Waals surface area contributed by atoms with Gasteiger partial charge in [0.2, 0.25) is 0 Å². The van der Waals surface area contributed by atoms with Crippen molar-refractivity contribution in [2.75, 3.05) is 27.4 Å². The lowest BCUT2D eigenvalue weighted by molar-refractivity contribution is 0.0954. The topological polar surface area (TPSA) is 78.4 Å². The number of nitrogens with zero attached hydrogens (tertiary/aromatic N) is 1. The molecule has 1 N–H and O–H groups in total. The predicted molar refractivity (Wildman–Crippen MR) is 112 cm³/mol. The summed E-state index contributed by atoms with van der Waals surface area (Å²) in [5.41, 5.74) is 3.60. The summed E-state index contributed by atoms with van der Waals surface area (Å²) in [6.07, 6.45) is 4.79. The molecular weight excluding hydrogens is 372 g/mol. The first kappa shape index (κ1) is 21.6. The van der Waals surface area contributed by atoms with Gasteiger partial charge in [-0.05, 0) is 42.0 Å². The Morgan fingerprint density at radius 3 is 2.10 bits per heavy atom. The lowest BCUT2D eigenvalue weighted by Gasteiger charge is -2.10. The van der Waals surface area contributed by atoms with Gasteiger partial charge in [-0.25, -0.2) is 5.43 Å². The second-order valence-electron chi connectivity index (χ2n) is 5.67. The van der Waals surface area contributed by atoms with Crippen LogP contribution in [0.15, 0.2) is 66.8 Å². The second-order valence-corrected chi connectivity index (χ2v) is 5.67. The minimum absolute atomic E-state index is 0.340. The average Bonchev–Trinajstić information content (AvgIpc) is 2.76. The molecule has 152 valence electrons. The molecule has 0 radical (unpaired) electrons. The maximum absolute atomic E-state index is 12.3. The third-order valence-corrected chi connectivity index (χ3v) is 3.71. The number of amides is 1. The Hall–Kier alpha value is -3.74. The largest absolute Gasteiger partial charge is 0.493 e. The molecule has 0 aliphatic heterocycles. The predicted octanol–water partition coefficient (Wildman–Crippen LogP) is 3.60. The number of rotatable bonds is 11. The van der Waals surface area contributed by atoms with Crippen molar-refractivity contribution in [2.24, 2.45) is 5.10 Å². The molecule has 0 saturated carbocycles. The molecule has 1 amide bonds. The lowest BCUT2D eigenvalue weighted by atomic mass is 10.2. The molecule has 0 aliphatic rings. The van der Waals surface area contributed by atoms with Crippen LogP contribution in [0.25, 0.3) is 0 Å². The minimum atomic E-state index is -0.382. The van der Waals surface area contributed by atoms with Crippen molar-refractivity contribution in [3.05, 3.63) is 72.8 Å². The van der Waals surface area contributed by atoms with Crippen LogP contribution in [0.2, 0.25) is 0 Å². The summed E-state index contributed by atoms with van der Waals surface area (Å²) >= 11 is 0. The van der Waals surface area contributed by atoms with E-state index in [9.17, 15) is 4.79 Å². The maximum Gasteiger partial charge on any atom is 0.271 e. The smallest absolute Gasteiger partial charge is 0.271 e. The van der Waals surface area contributed by atoms with Gasteiger partial charge in [0.25, 0.3) is 5.91 Å². The highest BCUT2D eigenvalue weighted by molar-refractivity contribution is 5.95. The van der Waals surface area contributed by atoms with Gasteiger partial charge in [0, 0.05) is 5.56 Å². The molecule has 7 nitrogen and oxygen atoms in total. The van der Waals surface area contributed by atoms with Crippen molar-refractivity contribution >= 4 is 12.1 Å². The Kier molecular flexibility index (Phi) is 8.31. The summed E-state index contributed by atoms with van der Waals surface area (Å²) in [6, 6.07) is 10.2. The summed E-state index contributed by atoms with van der Waals surface area (Å²) in [5.74, 6) is 1.75. The molecule has 0 bridgehead atoms. The number of carbonyl (C=O) groups excluding carboxylic acids is 1. The molecule has 2 aromatic carbocycles. The van der Waals surface area contributed by atoms with Crippen LogP contribution in [0.3, 0.4) is 0 Å². The highest BCUT2D eigenvalue weighted by Gasteiger charge is 2.11. The summed E-state index contributed by atoms with van der Waals surface area (Å²) in [5, 5.41) is 3.99. The van der Waals surface area contributed by atoms with Crippen LogP contribution in [0.1, 0.15) is 15.9 Å². The van der Waals surface area contributed by atoms with Crippen LogP contribution in [-0.4, -0.2) is 39.6 Å². The van der Waals surface area contributed by atoms with Gasteiger partial charge in [-0.3, -0.25) is 4.79 Å². The zero-order chi connectivity index (χ0) is 21.1. The SMILES string of the molecule is C=CCOc1ccc(/C=N/NC(=O)c2ccc(OCC=C)c(OC)c2)cc1OC. The van der Waals surface area contributed by atoms with E-state index in [1.807, 2.05) is 0 Å². The Bertz CT molecular complexity index is 893. The average molecular weight is 396 g/mol. The van der Waals surface area contributed by atoms with E-state index in [1.54, 1.807) is 55.7 Å². The quantitative estimate of drug-likeness (QED) is 0.357. The van der Waals surface area contributed by atoms with Gasteiger partial charge in [-0.15, -0.1) is 0 Å². The van der Waals surface area contributed by atoms with E-state index in [-0.39, 0.29) is 5.91 Å². The summed E-state index contributed by atoms with van der Waals surface area (Å²) < 4.78 is 21.5. The van der Waals surface area contributed by atoms with E-state index in [0.717, 1.165) is 5.56 Å². The summed E-state index contributed by atoms with van der Waals surface area (Å²) in [6.45, 7) is 7.93. The molecule has 2 rings (SSSR count). The van der Waals surface area contributed by atoms with E-state index < -0.39 is 0 Å². The molecule has 0 fully saturated rings. The van der Waals surface area contributed by atoms with Gasteiger partial charge in [0.15, 0.2) is 23.0 Å². The fraction of sp³-hybridized carbons (Fsp3) is 0.182. The number of methoxy groups -OCH3 is 2. The van der Waals surface area contributed by atoms with Gasteiger partial charge in [-0.2, -0.15) is 5.10 Å². The molecule has 7 heteroatoms. The van der Waals surface area contributed by atoms with Crippen molar-refractivity contribution in [1.82, 2.24) is 5.43 Å². The fourth-order valence-corrected chi connectivity index (χ4v) is 2.34. The second kappa shape index (κ2) is 11.2. The van der Waals surface area contributed by atoms with Crippen LogP contribution >= 0.6 is 0 Å². The van der Waals surface area contributed by atoms with Gasteiger partial charge < -0.3 is 18.9 Å².